The van der Waals surface area contributed by atoms with Gasteiger partial charge in [-0.15, -0.1) is 0 Å². The normalized spacial score (nSPS) is 17.9. The van der Waals surface area contributed by atoms with E-state index in [2.05, 4.69) is 0 Å². The Morgan fingerprint density at radius 3 is 2.65 bits per heavy atom. The van der Waals surface area contributed by atoms with Gasteiger partial charge in [0.2, 0.25) is 0 Å². The highest BCUT2D eigenvalue weighted by Crippen LogP contribution is 2.31. The molecule has 0 bridgehead atoms. The zero-order valence-electron chi connectivity index (χ0n) is 11.5. The molecule has 0 radical (unpaired) electrons. The van der Waals surface area contributed by atoms with Gasteiger partial charge in [-0.1, -0.05) is 0 Å². The molecule has 1 saturated heterocycles. The van der Waals surface area contributed by atoms with Gasteiger partial charge in [0, 0.05) is 31.4 Å². The summed E-state index contributed by atoms with van der Waals surface area (Å²) in [6.45, 7) is 2.97. The van der Waals surface area contributed by atoms with Crippen LogP contribution in [0.3, 0.4) is 0 Å². The monoisotopic (exact) mass is 281 g/mol. The molecule has 0 amide bonds. The molecule has 0 atom stereocenters. The van der Waals surface area contributed by atoms with E-state index in [0.29, 0.717) is 38.2 Å². The fourth-order valence-corrected chi connectivity index (χ4v) is 2.58. The Hall–Kier alpha value is -1.66. The number of aryl methyl sites for hydroxylation is 1. The van der Waals surface area contributed by atoms with E-state index in [1.165, 1.54) is 4.57 Å². The van der Waals surface area contributed by atoms with Crippen molar-refractivity contribution in [3.8, 4) is 0 Å². The maximum Gasteiger partial charge on any atom is 0.341 e. The van der Waals surface area contributed by atoms with Crippen molar-refractivity contribution < 1.29 is 19.7 Å². The summed E-state index contributed by atoms with van der Waals surface area (Å²) in [4.78, 5) is 23.4. The molecule has 0 spiro atoms. The fourth-order valence-electron chi connectivity index (χ4n) is 2.58. The van der Waals surface area contributed by atoms with Crippen LogP contribution in [-0.2, 0) is 11.3 Å². The minimum Gasteiger partial charge on any atom is -0.477 e. The number of aliphatic hydroxyl groups excluding tert-OH is 1. The van der Waals surface area contributed by atoms with E-state index < -0.39 is 16.9 Å². The lowest BCUT2D eigenvalue weighted by atomic mass is 9.81. The number of hydrogen-bond donors (Lipinski definition) is 2. The molecular weight excluding hydrogens is 262 g/mol. The fraction of sp³-hybridized carbons (Fsp3) is 0.571. The number of nitrogens with zero attached hydrogens (tertiary/aromatic N) is 1. The average Bonchev–Trinajstić information content (AvgIpc) is 2.43. The van der Waals surface area contributed by atoms with Crippen molar-refractivity contribution in [2.24, 2.45) is 5.41 Å². The zero-order chi connectivity index (χ0) is 14.8. The summed E-state index contributed by atoms with van der Waals surface area (Å²) in [7, 11) is 0. The number of aliphatic hydroxyl groups is 1. The van der Waals surface area contributed by atoms with Crippen molar-refractivity contribution >= 4 is 5.97 Å². The first kappa shape index (κ1) is 14.7. The van der Waals surface area contributed by atoms with Crippen LogP contribution >= 0.6 is 0 Å². The molecular formula is C14H19NO5. The third kappa shape index (κ3) is 2.76. The predicted octanol–water partition coefficient (Wildman–Crippen LogP) is 0.644. The Morgan fingerprint density at radius 2 is 2.10 bits per heavy atom. The second-order valence-corrected chi connectivity index (χ2v) is 5.38. The van der Waals surface area contributed by atoms with E-state index in [1.54, 1.807) is 19.2 Å². The molecule has 1 aliphatic heterocycles. The average molecular weight is 281 g/mol. The van der Waals surface area contributed by atoms with E-state index in [0.717, 1.165) is 0 Å². The van der Waals surface area contributed by atoms with Gasteiger partial charge in [0.1, 0.15) is 5.56 Å². The predicted molar refractivity (Wildman–Crippen MR) is 72.0 cm³/mol. The number of carbonyl (C=O) groups is 1. The van der Waals surface area contributed by atoms with E-state index in [1.807, 2.05) is 0 Å². The van der Waals surface area contributed by atoms with Crippen molar-refractivity contribution in [1.82, 2.24) is 4.57 Å². The molecule has 1 aliphatic rings. The third-order valence-electron chi connectivity index (χ3n) is 3.98. The molecule has 6 heteroatoms. The Labute approximate surface area is 116 Å². The molecule has 0 aliphatic carbocycles. The van der Waals surface area contributed by atoms with Crippen LogP contribution in [0.2, 0.25) is 0 Å². The van der Waals surface area contributed by atoms with Crippen LogP contribution in [-0.4, -0.2) is 40.6 Å². The molecule has 1 fully saturated rings. The highest BCUT2D eigenvalue weighted by Gasteiger charge is 2.33. The van der Waals surface area contributed by atoms with Gasteiger partial charge >= 0.3 is 5.97 Å². The van der Waals surface area contributed by atoms with Gasteiger partial charge in [-0.2, -0.15) is 0 Å². The molecule has 0 aromatic carbocycles. The van der Waals surface area contributed by atoms with Gasteiger partial charge in [-0.25, -0.2) is 4.79 Å². The Bertz CT molecular complexity index is 557. The first-order chi connectivity index (χ1) is 9.49. The second-order valence-electron chi connectivity index (χ2n) is 5.38. The molecule has 2 heterocycles. The lowest BCUT2D eigenvalue weighted by Crippen LogP contribution is -2.40. The van der Waals surface area contributed by atoms with Crippen LogP contribution in [0, 0.1) is 12.3 Å². The summed E-state index contributed by atoms with van der Waals surface area (Å²) in [5.74, 6) is -1.22. The maximum atomic E-state index is 12.2. The zero-order valence-corrected chi connectivity index (χ0v) is 11.5. The number of aromatic nitrogens is 1. The minimum atomic E-state index is -1.22. The van der Waals surface area contributed by atoms with Gasteiger partial charge in [0.05, 0.1) is 6.61 Å². The van der Waals surface area contributed by atoms with E-state index in [4.69, 9.17) is 9.84 Å². The summed E-state index contributed by atoms with van der Waals surface area (Å²) >= 11 is 0. The smallest absolute Gasteiger partial charge is 0.341 e. The first-order valence-corrected chi connectivity index (χ1v) is 6.61. The Morgan fingerprint density at radius 1 is 1.45 bits per heavy atom. The van der Waals surface area contributed by atoms with Crippen LogP contribution in [0.25, 0.3) is 0 Å². The number of ether oxygens (including phenoxy) is 1. The Balaban J connectivity index is 2.36. The van der Waals surface area contributed by atoms with Gasteiger partial charge in [0.15, 0.2) is 0 Å². The number of carboxylic acid groups (broad SMARTS) is 1. The van der Waals surface area contributed by atoms with Crippen LogP contribution in [0.1, 0.15) is 28.8 Å². The van der Waals surface area contributed by atoms with Gasteiger partial charge in [-0.3, -0.25) is 4.79 Å². The number of aromatic carboxylic acids is 1. The summed E-state index contributed by atoms with van der Waals surface area (Å²) in [6, 6.07) is 1.62. The van der Waals surface area contributed by atoms with Crippen molar-refractivity contribution in [1.29, 1.82) is 0 Å². The van der Waals surface area contributed by atoms with Crippen LogP contribution < -0.4 is 5.56 Å². The molecule has 1 aromatic heterocycles. The quantitative estimate of drug-likeness (QED) is 0.845. The maximum absolute atomic E-state index is 12.2. The van der Waals surface area contributed by atoms with Crippen LogP contribution in [0.4, 0.5) is 0 Å². The lowest BCUT2D eigenvalue weighted by Gasteiger charge is -2.35. The van der Waals surface area contributed by atoms with Crippen LogP contribution in [0.15, 0.2) is 17.1 Å². The van der Waals surface area contributed by atoms with Gasteiger partial charge in [0.25, 0.3) is 5.56 Å². The molecule has 2 N–H and O–H groups in total. The van der Waals surface area contributed by atoms with E-state index in [-0.39, 0.29) is 12.2 Å². The largest absolute Gasteiger partial charge is 0.477 e. The van der Waals surface area contributed by atoms with Crippen molar-refractivity contribution in [2.75, 3.05) is 19.8 Å². The number of carboxylic acids is 1. The first-order valence-electron chi connectivity index (χ1n) is 6.61. The van der Waals surface area contributed by atoms with Crippen molar-refractivity contribution in [3.05, 3.63) is 33.7 Å². The molecule has 1 aromatic rings. The van der Waals surface area contributed by atoms with Crippen LogP contribution in [0.5, 0.6) is 0 Å². The van der Waals surface area contributed by atoms with Gasteiger partial charge in [-0.05, 0) is 31.4 Å². The summed E-state index contributed by atoms with van der Waals surface area (Å²) in [5, 5.41) is 18.8. The molecule has 0 saturated carbocycles. The molecule has 110 valence electrons. The highest BCUT2D eigenvalue weighted by molar-refractivity contribution is 5.88. The summed E-state index contributed by atoms with van der Waals surface area (Å²) < 4.78 is 6.67. The van der Waals surface area contributed by atoms with E-state index in [9.17, 15) is 14.7 Å². The number of pyridine rings is 1. The van der Waals surface area contributed by atoms with E-state index >= 15 is 0 Å². The molecule has 2 rings (SSSR count). The van der Waals surface area contributed by atoms with Gasteiger partial charge < -0.3 is 19.5 Å². The molecule has 20 heavy (non-hydrogen) atoms. The standard InChI is InChI=1S/C14H19NO5/c1-10-2-5-15(12(17)11(10)13(18)19)8-14(9-16)3-6-20-7-4-14/h2,5,16H,3-4,6-9H2,1H3,(H,18,19). The van der Waals surface area contributed by atoms with Crippen molar-refractivity contribution in [2.45, 2.75) is 26.3 Å². The Kier molecular flexibility index (Phi) is 4.25. The molecule has 0 unspecified atom stereocenters. The third-order valence-corrected chi connectivity index (χ3v) is 3.98. The number of rotatable bonds is 4. The summed E-state index contributed by atoms with van der Waals surface area (Å²) in [6.07, 6.45) is 2.91. The van der Waals surface area contributed by atoms with Crippen molar-refractivity contribution in [3.63, 3.8) is 0 Å². The topological polar surface area (TPSA) is 88.8 Å². The lowest BCUT2D eigenvalue weighted by molar-refractivity contribution is -0.0258. The summed E-state index contributed by atoms with van der Waals surface area (Å²) in [5.41, 5.74) is -0.680. The molecule has 6 nitrogen and oxygen atoms in total. The SMILES string of the molecule is Cc1ccn(CC2(CO)CCOCC2)c(=O)c1C(=O)O. The number of hydrogen-bond acceptors (Lipinski definition) is 4. The minimum absolute atomic E-state index is 0.0426. The second kappa shape index (κ2) is 5.76. The highest BCUT2D eigenvalue weighted by atomic mass is 16.5.